The highest BCUT2D eigenvalue weighted by Gasteiger charge is 2.25. The lowest BCUT2D eigenvalue weighted by Crippen LogP contribution is -2.48. The van der Waals surface area contributed by atoms with Crippen molar-refractivity contribution in [1.29, 1.82) is 0 Å². The van der Waals surface area contributed by atoms with E-state index < -0.39 is 94.5 Å². The summed E-state index contributed by atoms with van der Waals surface area (Å²) < 4.78 is 124. The molecule has 0 aromatic heterocycles. The van der Waals surface area contributed by atoms with E-state index in [9.17, 15) is 57.5 Å². The highest BCUT2D eigenvalue weighted by atomic mass is 16.6. The maximum atomic E-state index is 13.4. The van der Waals surface area contributed by atoms with Crippen LogP contribution in [0, 0.1) is 0 Å². The summed E-state index contributed by atoms with van der Waals surface area (Å²) in [5, 5.41) is 29.7. The van der Waals surface area contributed by atoms with E-state index in [4.69, 9.17) is 115 Å². The Morgan fingerprint density at radius 1 is 0.244 bits per heavy atom. The Labute approximate surface area is 795 Å². The molecule has 0 bridgehead atoms. The molecule has 3 atom stereocenters. The van der Waals surface area contributed by atoms with E-state index in [0.29, 0.717) is 77.9 Å². The number of hydrogen-bond acceptors (Lipinski definition) is 36. The largest absolute Gasteiger partial charge is 0.467 e. The molecule has 0 aliphatic carbocycles. The van der Waals surface area contributed by atoms with Gasteiger partial charge in [0.1, 0.15) is 80.0 Å². The van der Waals surface area contributed by atoms with Crippen LogP contribution in [0.15, 0.2) is 4.99 Å². The predicted molar refractivity (Wildman–Crippen MR) is 490 cm³/mol. The molecule has 0 saturated heterocycles. The summed E-state index contributed by atoms with van der Waals surface area (Å²) >= 11 is 0. The Morgan fingerprint density at radius 3 is 0.726 bits per heavy atom. The van der Waals surface area contributed by atoms with Gasteiger partial charge in [0, 0.05) is 52.4 Å². The van der Waals surface area contributed by atoms with E-state index in [-0.39, 0.29) is 300 Å². The van der Waals surface area contributed by atoms with Crippen LogP contribution in [0.25, 0.3) is 0 Å². The minimum absolute atomic E-state index is 0.0477. The molecule has 0 spiro atoms. The average molecular weight is 1950 g/mol. The normalized spacial score (nSPS) is 12.4. The number of nitrogens with zero attached hydrogens (tertiary/aromatic N) is 1. The van der Waals surface area contributed by atoms with Crippen LogP contribution >= 0.6 is 0 Å². The molecule has 11 amide bonds. The van der Waals surface area contributed by atoms with Crippen LogP contribution in [0.3, 0.4) is 0 Å². The van der Waals surface area contributed by atoms with Crippen molar-refractivity contribution in [3.8, 4) is 0 Å². The summed E-state index contributed by atoms with van der Waals surface area (Å²) in [6.45, 7) is 28.3. The number of methoxy groups -OCH3 is 1. The number of unbranched alkanes of at least 4 members (excludes halogenated alkanes) is 3. The first-order chi connectivity index (χ1) is 64.5. The first-order valence-corrected chi connectivity index (χ1v) is 46.1. The van der Waals surface area contributed by atoms with Gasteiger partial charge in [0.05, 0.1) is 218 Å². The SMILES string of the molecule is COC(=O)C(CCCCNC(=O)COCCOCCOCCN=C(N)C(CCCCNC(=O)COCCOCCOCCNC(=O)OC(C)(C)C)NC(=O)COCCOCCOCCNC(=O)OC(C)(C)C)NC(=O)COCCOCCOCCNC(=O)C(CCCCNC(=O)COCCOCCOCCNC(=O)OC(C)(C)C)NC(=O)COCCOCCOCCNC(=O)OC(C)(C)C. The average Bonchev–Trinajstić information content (AvgIpc) is 0.928. The number of amidine groups is 1. The fraction of sp³-hybridized carbons (Fsp3) is 0.851. The molecular weight excluding hydrogens is 1790 g/mol. The molecule has 0 heterocycles. The number of nitrogens with one attached hydrogen (secondary N) is 11. The van der Waals surface area contributed by atoms with E-state index >= 15 is 0 Å². The Hall–Kier alpha value is -8.41. The maximum Gasteiger partial charge on any atom is 0.407 e. The molecule has 13 N–H and O–H groups in total. The molecular formula is C87H163N13O35. The van der Waals surface area contributed by atoms with Crippen molar-refractivity contribution in [1.82, 2.24) is 58.5 Å². The molecule has 48 heteroatoms. The molecule has 0 saturated carbocycles. The number of rotatable bonds is 87. The third kappa shape index (κ3) is 90.5. The van der Waals surface area contributed by atoms with Crippen LogP contribution in [0.5, 0.6) is 0 Å². The topological polar surface area (TPSA) is 588 Å². The van der Waals surface area contributed by atoms with Crippen LogP contribution in [-0.4, -0.2) is 422 Å². The highest BCUT2D eigenvalue weighted by molar-refractivity contribution is 5.91. The first kappa shape index (κ1) is 127. The van der Waals surface area contributed by atoms with E-state index in [0.717, 1.165) is 0 Å². The number of alkyl carbamates (subject to hydrolysis) is 4. The second kappa shape index (κ2) is 83.7. The molecule has 786 valence electrons. The molecule has 3 unspecified atom stereocenters. The maximum absolute atomic E-state index is 13.4. The standard InChI is InChI=1S/C87H163N13O35/c1-84(2,3)132-80(109)94-28-34-116-40-46-121-51-57-126-62-71(101)89-23-17-14-20-68(98-74(104)65-129-59-53-124-48-42-118-36-30-96-82(111)134-86(7,8)9)77(88)92-26-32-114-38-44-120-50-56-128-64-73(103)91-25-19-16-22-70(79(108)113-13)100-76(106)67-131-61-55-123-45-39-115-33-27-93-78(107)69(99-75(105)66-130-60-54-125-49-43-119-37-31-97-83(112)135-87(10,11)12)21-15-18-24-90-72(102)63-127-58-52-122-47-41-117-35-29-95-81(110)133-85(4,5)6/h68-70H,14-67H2,1-13H3,(H2,88,92)(H,89,101)(H,90,102)(H,91,103)(H,93,107)(H,94,109)(H,95,110)(H,96,111)(H,97,112)(H,98,104)(H,99,105)(H,100,106). The minimum Gasteiger partial charge on any atom is -0.467 e. The summed E-state index contributed by atoms with van der Waals surface area (Å²) in [4.78, 5) is 153. The van der Waals surface area contributed by atoms with Crippen molar-refractivity contribution in [2.24, 2.45) is 10.7 Å². The zero-order chi connectivity index (χ0) is 100. The molecule has 0 radical (unpaired) electrons. The summed E-state index contributed by atoms with van der Waals surface area (Å²) in [6.07, 6.45) is 1.73. The van der Waals surface area contributed by atoms with Gasteiger partial charge in [-0.05, 0) is 141 Å². The number of carbonyl (C=O) groups is 12. The Bertz CT molecular complexity index is 3150. The lowest BCUT2D eigenvalue weighted by atomic mass is 10.1. The van der Waals surface area contributed by atoms with Crippen molar-refractivity contribution < 1.29 is 166 Å². The van der Waals surface area contributed by atoms with Crippen molar-refractivity contribution in [2.45, 2.75) is 181 Å². The van der Waals surface area contributed by atoms with Gasteiger partial charge >= 0.3 is 30.3 Å². The first-order valence-electron chi connectivity index (χ1n) is 46.1. The van der Waals surface area contributed by atoms with Gasteiger partial charge in [0.15, 0.2) is 0 Å². The Kier molecular flexibility index (Phi) is 78.5. The summed E-state index contributed by atoms with van der Waals surface area (Å²) in [5.74, 6) is -3.46. The smallest absolute Gasteiger partial charge is 0.407 e. The number of esters is 1. The molecule has 0 aromatic carbocycles. The molecule has 135 heavy (non-hydrogen) atoms. The molecule has 0 rings (SSSR count). The third-order valence-electron chi connectivity index (χ3n) is 16.5. The van der Waals surface area contributed by atoms with Crippen molar-refractivity contribution in [3.05, 3.63) is 0 Å². The van der Waals surface area contributed by atoms with Crippen LogP contribution < -0.4 is 64.2 Å². The second-order valence-electron chi connectivity index (χ2n) is 33.4. The van der Waals surface area contributed by atoms with E-state index in [1.807, 2.05) is 0 Å². The van der Waals surface area contributed by atoms with Gasteiger partial charge in [-0.1, -0.05) is 0 Å². The van der Waals surface area contributed by atoms with Crippen LogP contribution in [0.1, 0.15) is 141 Å². The van der Waals surface area contributed by atoms with Gasteiger partial charge in [-0.3, -0.25) is 38.6 Å². The second-order valence-corrected chi connectivity index (χ2v) is 33.4. The van der Waals surface area contributed by atoms with Crippen LogP contribution in [-0.2, 0) is 147 Å². The minimum atomic E-state index is -0.959. The van der Waals surface area contributed by atoms with Gasteiger partial charge in [0.2, 0.25) is 41.4 Å². The number of amides is 11. The lowest BCUT2D eigenvalue weighted by molar-refractivity contribution is -0.146. The van der Waals surface area contributed by atoms with E-state index in [1.165, 1.54) is 7.11 Å². The van der Waals surface area contributed by atoms with Crippen LogP contribution in [0.4, 0.5) is 19.2 Å². The van der Waals surface area contributed by atoms with E-state index in [2.05, 4.69) is 63.5 Å². The molecule has 0 aliphatic rings. The highest BCUT2D eigenvalue weighted by Crippen LogP contribution is 2.11. The fourth-order valence-electron chi connectivity index (χ4n) is 10.4. The zero-order valence-electron chi connectivity index (χ0n) is 82.2. The number of nitrogens with two attached hydrogens (primary N) is 1. The number of ether oxygens (including phenoxy) is 23. The van der Waals surface area contributed by atoms with E-state index in [1.54, 1.807) is 83.1 Å². The molecule has 0 aromatic rings. The number of hydrogen-bond donors (Lipinski definition) is 12. The molecule has 0 aliphatic heterocycles. The summed E-state index contributed by atoms with van der Waals surface area (Å²) in [7, 11) is 1.21. The number of carbonyl (C=O) groups excluding carboxylic acids is 12. The third-order valence-corrected chi connectivity index (χ3v) is 16.5. The van der Waals surface area contributed by atoms with Gasteiger partial charge in [-0.2, -0.15) is 0 Å². The van der Waals surface area contributed by atoms with Crippen LogP contribution in [0.2, 0.25) is 0 Å². The Morgan fingerprint density at radius 2 is 0.459 bits per heavy atom. The molecule has 48 nitrogen and oxygen atoms in total. The van der Waals surface area contributed by atoms with Crippen molar-refractivity contribution in [2.75, 3.05) is 304 Å². The zero-order valence-corrected chi connectivity index (χ0v) is 82.2. The summed E-state index contributed by atoms with van der Waals surface area (Å²) in [5.41, 5.74) is 4.00. The monoisotopic (exact) mass is 1950 g/mol. The number of aliphatic imine (C=N–C) groups is 1. The van der Waals surface area contributed by atoms with Gasteiger partial charge in [-0.15, -0.1) is 0 Å². The van der Waals surface area contributed by atoms with Gasteiger partial charge in [0.25, 0.3) is 0 Å². The quantitative estimate of drug-likeness (QED) is 0.0128. The van der Waals surface area contributed by atoms with Crippen molar-refractivity contribution in [3.63, 3.8) is 0 Å². The summed E-state index contributed by atoms with van der Waals surface area (Å²) in [6, 6.07) is -2.55. The predicted octanol–water partition coefficient (Wildman–Crippen LogP) is 0.344. The van der Waals surface area contributed by atoms with Gasteiger partial charge < -0.3 is 173 Å². The molecule has 0 fully saturated rings. The van der Waals surface area contributed by atoms with Gasteiger partial charge in [-0.25, -0.2) is 24.0 Å². The van der Waals surface area contributed by atoms with Crippen molar-refractivity contribution >= 4 is 77.5 Å². The fourth-order valence-corrected chi connectivity index (χ4v) is 10.4. The lowest BCUT2D eigenvalue weighted by Gasteiger charge is -2.19. The Balaban J connectivity index is 4.75.